The smallest absolute Gasteiger partial charge is 0.0172 e. The molecule has 0 radical (unpaired) electrons. The van der Waals surface area contributed by atoms with Crippen LogP contribution < -0.4 is 11.1 Å². The summed E-state index contributed by atoms with van der Waals surface area (Å²) >= 11 is 2.08. The van der Waals surface area contributed by atoms with Gasteiger partial charge in [-0.15, -0.1) is 0 Å². The number of hydrogen-bond donors (Lipinski definition) is 2. The first-order valence-corrected chi connectivity index (χ1v) is 5.92. The lowest BCUT2D eigenvalue weighted by molar-refractivity contribution is 0.531. The Kier molecular flexibility index (Phi) is 5.04. The van der Waals surface area contributed by atoms with Crippen LogP contribution in [0.1, 0.15) is 26.2 Å². The molecule has 0 spiro atoms. The Balaban J connectivity index is 1.98. The molecule has 0 aromatic carbocycles. The van der Waals surface area contributed by atoms with Gasteiger partial charge in [-0.1, -0.05) is 0 Å². The number of rotatable bonds is 4. The van der Waals surface area contributed by atoms with E-state index in [1.54, 1.807) is 0 Å². The van der Waals surface area contributed by atoms with Crippen molar-refractivity contribution < 1.29 is 0 Å². The van der Waals surface area contributed by atoms with Crippen LogP contribution >= 0.6 is 11.8 Å². The van der Waals surface area contributed by atoms with Gasteiger partial charge in [0.2, 0.25) is 0 Å². The van der Waals surface area contributed by atoms with Crippen LogP contribution in [0.15, 0.2) is 0 Å². The first-order chi connectivity index (χ1) is 5.79. The molecule has 1 rings (SSSR count). The summed E-state index contributed by atoms with van der Waals surface area (Å²) < 4.78 is 0. The van der Waals surface area contributed by atoms with Crippen LogP contribution in [-0.2, 0) is 0 Å². The van der Waals surface area contributed by atoms with E-state index >= 15 is 0 Å². The average molecular weight is 188 g/mol. The third-order valence-corrected chi connectivity index (χ3v) is 3.52. The van der Waals surface area contributed by atoms with Crippen LogP contribution in [0.2, 0.25) is 0 Å². The van der Waals surface area contributed by atoms with E-state index < -0.39 is 0 Å². The Morgan fingerprint density at radius 1 is 1.67 bits per heavy atom. The normalized spacial score (nSPS) is 27.0. The third kappa shape index (κ3) is 4.33. The average Bonchev–Trinajstić information content (AvgIpc) is 2.05. The second kappa shape index (κ2) is 5.84. The second-order valence-corrected chi connectivity index (χ2v) is 5.01. The van der Waals surface area contributed by atoms with Crippen LogP contribution in [0.3, 0.4) is 0 Å². The van der Waals surface area contributed by atoms with Gasteiger partial charge in [0.15, 0.2) is 0 Å². The highest BCUT2D eigenvalue weighted by atomic mass is 32.2. The fraction of sp³-hybridized carbons (Fsp3) is 1.00. The third-order valence-electron chi connectivity index (χ3n) is 2.18. The number of nitrogens with one attached hydrogen (secondary N) is 1. The molecule has 72 valence electrons. The zero-order chi connectivity index (χ0) is 8.81. The molecule has 0 aliphatic carbocycles. The molecule has 1 fully saturated rings. The molecule has 0 bridgehead atoms. The van der Waals surface area contributed by atoms with Crippen molar-refractivity contribution in [3.63, 3.8) is 0 Å². The monoisotopic (exact) mass is 188 g/mol. The van der Waals surface area contributed by atoms with Crippen LogP contribution in [0.25, 0.3) is 0 Å². The lowest BCUT2D eigenvalue weighted by Gasteiger charge is -2.22. The molecule has 2 unspecified atom stereocenters. The van der Waals surface area contributed by atoms with Gasteiger partial charge in [0, 0.05) is 17.8 Å². The van der Waals surface area contributed by atoms with Gasteiger partial charge in [-0.05, 0) is 38.5 Å². The van der Waals surface area contributed by atoms with Gasteiger partial charge < -0.3 is 11.1 Å². The van der Waals surface area contributed by atoms with Gasteiger partial charge >= 0.3 is 0 Å². The van der Waals surface area contributed by atoms with E-state index in [4.69, 9.17) is 5.73 Å². The standard InChI is InChI=1S/C9H20N2S/c1-8(10)4-6-12-9-3-2-5-11-7-9/h8-9,11H,2-7,10H2,1H3. The maximum absolute atomic E-state index is 5.68. The summed E-state index contributed by atoms with van der Waals surface area (Å²) in [6, 6.07) is 0.369. The predicted molar refractivity (Wildman–Crippen MR) is 56.6 cm³/mol. The molecule has 2 nitrogen and oxygen atoms in total. The topological polar surface area (TPSA) is 38.0 Å². The number of hydrogen-bond acceptors (Lipinski definition) is 3. The molecular formula is C9H20N2S. The molecule has 12 heavy (non-hydrogen) atoms. The van der Waals surface area contributed by atoms with Crippen molar-refractivity contribution >= 4 is 11.8 Å². The van der Waals surface area contributed by atoms with Crippen molar-refractivity contribution in [1.29, 1.82) is 0 Å². The zero-order valence-corrected chi connectivity index (χ0v) is 8.70. The van der Waals surface area contributed by atoms with Gasteiger partial charge in [-0.25, -0.2) is 0 Å². The molecule has 2 atom stereocenters. The molecular weight excluding hydrogens is 168 g/mol. The van der Waals surface area contributed by atoms with E-state index in [0.29, 0.717) is 6.04 Å². The maximum Gasteiger partial charge on any atom is 0.0172 e. The van der Waals surface area contributed by atoms with E-state index in [1.165, 1.54) is 31.7 Å². The summed E-state index contributed by atoms with van der Waals surface area (Å²) in [5.74, 6) is 1.23. The van der Waals surface area contributed by atoms with E-state index in [-0.39, 0.29) is 0 Å². The minimum absolute atomic E-state index is 0.369. The molecule has 1 heterocycles. The lowest BCUT2D eigenvalue weighted by atomic mass is 10.2. The Bertz CT molecular complexity index is 111. The Labute approximate surface area is 79.7 Å². The Morgan fingerprint density at radius 2 is 2.50 bits per heavy atom. The van der Waals surface area contributed by atoms with Gasteiger partial charge in [-0.3, -0.25) is 0 Å². The summed E-state index contributed by atoms with van der Waals surface area (Å²) in [6.07, 6.45) is 3.88. The maximum atomic E-state index is 5.68. The van der Waals surface area contributed by atoms with Crippen molar-refractivity contribution in [3.05, 3.63) is 0 Å². The zero-order valence-electron chi connectivity index (χ0n) is 7.88. The highest BCUT2D eigenvalue weighted by Crippen LogP contribution is 2.19. The molecule has 3 N–H and O–H groups in total. The number of piperidine rings is 1. The van der Waals surface area contributed by atoms with Gasteiger partial charge in [0.1, 0.15) is 0 Å². The van der Waals surface area contributed by atoms with Crippen LogP contribution in [0, 0.1) is 0 Å². The Morgan fingerprint density at radius 3 is 3.08 bits per heavy atom. The minimum atomic E-state index is 0.369. The van der Waals surface area contributed by atoms with Crippen molar-refractivity contribution in [1.82, 2.24) is 5.32 Å². The van der Waals surface area contributed by atoms with Crippen molar-refractivity contribution in [3.8, 4) is 0 Å². The SMILES string of the molecule is CC(N)CCSC1CCCNC1. The highest BCUT2D eigenvalue weighted by molar-refractivity contribution is 7.99. The van der Waals surface area contributed by atoms with Crippen LogP contribution in [-0.4, -0.2) is 30.1 Å². The molecule has 3 heteroatoms. The van der Waals surface area contributed by atoms with E-state index in [1.807, 2.05) is 0 Å². The summed E-state index contributed by atoms with van der Waals surface area (Å²) in [7, 11) is 0. The molecule has 0 aromatic heterocycles. The summed E-state index contributed by atoms with van der Waals surface area (Å²) in [6.45, 7) is 4.49. The summed E-state index contributed by atoms with van der Waals surface area (Å²) in [4.78, 5) is 0. The van der Waals surface area contributed by atoms with E-state index in [2.05, 4.69) is 24.0 Å². The number of thioether (sulfide) groups is 1. The largest absolute Gasteiger partial charge is 0.328 e. The predicted octanol–water partition coefficient (Wildman–Crippen LogP) is 1.21. The quantitative estimate of drug-likeness (QED) is 0.696. The second-order valence-electron chi connectivity index (χ2n) is 3.61. The molecule has 0 aromatic rings. The van der Waals surface area contributed by atoms with Crippen LogP contribution in [0.4, 0.5) is 0 Å². The lowest BCUT2D eigenvalue weighted by Crippen LogP contribution is -2.32. The van der Waals surface area contributed by atoms with Crippen molar-refractivity contribution in [2.75, 3.05) is 18.8 Å². The van der Waals surface area contributed by atoms with Gasteiger partial charge in [0.25, 0.3) is 0 Å². The highest BCUT2D eigenvalue weighted by Gasteiger charge is 2.12. The van der Waals surface area contributed by atoms with E-state index in [0.717, 1.165) is 11.7 Å². The Hall–Kier alpha value is 0.270. The molecule has 0 amide bonds. The minimum Gasteiger partial charge on any atom is -0.328 e. The van der Waals surface area contributed by atoms with E-state index in [9.17, 15) is 0 Å². The van der Waals surface area contributed by atoms with Crippen molar-refractivity contribution in [2.24, 2.45) is 5.73 Å². The molecule has 1 aliphatic heterocycles. The molecule has 1 saturated heterocycles. The van der Waals surface area contributed by atoms with Gasteiger partial charge in [-0.2, -0.15) is 11.8 Å². The fourth-order valence-corrected chi connectivity index (χ4v) is 2.79. The van der Waals surface area contributed by atoms with Gasteiger partial charge in [0.05, 0.1) is 0 Å². The first kappa shape index (κ1) is 10.4. The van der Waals surface area contributed by atoms with Crippen molar-refractivity contribution in [2.45, 2.75) is 37.5 Å². The van der Waals surface area contributed by atoms with Crippen LogP contribution in [0.5, 0.6) is 0 Å². The summed E-state index contributed by atoms with van der Waals surface area (Å²) in [5.41, 5.74) is 5.68. The molecule has 0 saturated carbocycles. The molecule has 1 aliphatic rings. The first-order valence-electron chi connectivity index (χ1n) is 4.87. The summed E-state index contributed by atoms with van der Waals surface area (Å²) in [5, 5.41) is 4.27. The fourth-order valence-electron chi connectivity index (χ4n) is 1.38. The number of nitrogens with two attached hydrogens (primary N) is 1.